The number of para-hydroxylation sites is 1. The maximum absolute atomic E-state index is 12.7. The molecule has 0 saturated carbocycles. The highest BCUT2D eigenvalue weighted by Gasteiger charge is 2.16. The number of hydrogen-bond donors (Lipinski definition) is 1. The lowest BCUT2D eigenvalue weighted by Gasteiger charge is -2.12. The van der Waals surface area contributed by atoms with E-state index in [0.29, 0.717) is 33.5 Å². The second kappa shape index (κ2) is 7.97. The van der Waals surface area contributed by atoms with E-state index in [2.05, 4.69) is 10.5 Å². The van der Waals surface area contributed by atoms with Crippen LogP contribution in [0.4, 0.5) is 5.69 Å². The Labute approximate surface area is 173 Å². The zero-order valence-corrected chi connectivity index (χ0v) is 16.8. The number of aryl methyl sites for hydroxylation is 2. The molecule has 0 aliphatic carbocycles. The smallest absolute Gasteiger partial charge is 0.230 e. The Hall–Kier alpha value is -3.31. The number of aromatic nitrogens is 1. The van der Waals surface area contributed by atoms with Crippen LogP contribution < -0.4 is 10.1 Å². The van der Waals surface area contributed by atoms with Crippen molar-refractivity contribution in [2.24, 2.45) is 0 Å². The summed E-state index contributed by atoms with van der Waals surface area (Å²) in [6.07, 6.45) is 0.0776. The molecule has 0 aliphatic rings. The molecule has 1 heterocycles. The van der Waals surface area contributed by atoms with Crippen LogP contribution in [0, 0.1) is 13.8 Å². The second-order valence-corrected chi connectivity index (χ2v) is 7.30. The van der Waals surface area contributed by atoms with Gasteiger partial charge in [-0.05, 0) is 61.4 Å². The van der Waals surface area contributed by atoms with Gasteiger partial charge in [-0.1, -0.05) is 41.0 Å². The van der Waals surface area contributed by atoms with E-state index in [4.69, 9.17) is 20.9 Å². The summed E-state index contributed by atoms with van der Waals surface area (Å²) >= 11 is 6.13. The predicted octanol–water partition coefficient (Wildman–Crippen LogP) is 6.07. The monoisotopic (exact) mass is 406 g/mol. The number of hydrogen-bond acceptors (Lipinski definition) is 4. The summed E-state index contributed by atoms with van der Waals surface area (Å²) in [5.41, 5.74) is 3.89. The van der Waals surface area contributed by atoms with Crippen molar-refractivity contribution in [3.05, 3.63) is 82.5 Å². The Bertz CT molecular complexity index is 1190. The molecule has 1 amide bonds. The van der Waals surface area contributed by atoms with Crippen molar-refractivity contribution < 1.29 is 14.1 Å². The first-order valence-electron chi connectivity index (χ1n) is 9.17. The highest BCUT2D eigenvalue weighted by molar-refractivity contribution is 6.31. The van der Waals surface area contributed by atoms with E-state index in [1.54, 1.807) is 18.2 Å². The number of carbonyl (C=O) groups excluding carboxylic acids is 1. The molecule has 0 saturated heterocycles. The van der Waals surface area contributed by atoms with Gasteiger partial charge in [-0.3, -0.25) is 4.79 Å². The minimum absolute atomic E-state index is 0.0776. The second-order valence-electron chi connectivity index (χ2n) is 6.86. The van der Waals surface area contributed by atoms with E-state index in [9.17, 15) is 4.79 Å². The maximum Gasteiger partial charge on any atom is 0.230 e. The van der Waals surface area contributed by atoms with Gasteiger partial charge in [0, 0.05) is 10.4 Å². The van der Waals surface area contributed by atoms with Gasteiger partial charge in [0.15, 0.2) is 11.3 Å². The first kappa shape index (κ1) is 19.0. The van der Waals surface area contributed by atoms with Crippen molar-refractivity contribution in [2.75, 3.05) is 5.32 Å². The third kappa shape index (κ3) is 4.25. The Morgan fingerprint density at radius 3 is 2.69 bits per heavy atom. The van der Waals surface area contributed by atoms with Crippen molar-refractivity contribution in [1.29, 1.82) is 0 Å². The van der Waals surface area contributed by atoms with Crippen molar-refractivity contribution >= 4 is 34.2 Å². The zero-order chi connectivity index (χ0) is 20.4. The molecule has 1 aromatic heterocycles. The normalized spacial score (nSPS) is 10.9. The number of carbonyl (C=O) groups is 1. The number of anilines is 1. The fourth-order valence-electron chi connectivity index (χ4n) is 3.29. The van der Waals surface area contributed by atoms with Crippen molar-refractivity contribution in [3.8, 4) is 11.5 Å². The Morgan fingerprint density at radius 2 is 1.90 bits per heavy atom. The predicted molar refractivity (Wildman–Crippen MR) is 114 cm³/mol. The number of rotatable bonds is 5. The molecular weight excluding hydrogens is 388 g/mol. The standard InChI is InChI=1S/C23H19ClN2O3/c1-14-10-15(2)23-19(26-29-21(23)11-14)13-22(27)25-18-12-16(24)8-9-20(18)28-17-6-4-3-5-7-17/h3-12H,13H2,1-2H3,(H,25,27). The first-order valence-corrected chi connectivity index (χ1v) is 9.55. The average Bonchev–Trinajstić information content (AvgIpc) is 3.07. The van der Waals surface area contributed by atoms with Crippen LogP contribution in [0.15, 0.2) is 65.2 Å². The summed E-state index contributed by atoms with van der Waals surface area (Å²) in [5.74, 6) is 0.935. The molecule has 0 bridgehead atoms. The lowest BCUT2D eigenvalue weighted by molar-refractivity contribution is -0.115. The molecule has 5 nitrogen and oxygen atoms in total. The highest BCUT2D eigenvalue weighted by atomic mass is 35.5. The van der Waals surface area contributed by atoms with E-state index < -0.39 is 0 Å². The van der Waals surface area contributed by atoms with Crippen LogP contribution in [0.25, 0.3) is 11.0 Å². The Kier molecular flexibility index (Phi) is 5.23. The van der Waals surface area contributed by atoms with Crippen molar-refractivity contribution in [1.82, 2.24) is 5.16 Å². The van der Waals surface area contributed by atoms with Gasteiger partial charge in [0.2, 0.25) is 5.91 Å². The lowest BCUT2D eigenvalue weighted by atomic mass is 10.0. The zero-order valence-electron chi connectivity index (χ0n) is 16.0. The molecule has 29 heavy (non-hydrogen) atoms. The molecule has 6 heteroatoms. The molecule has 4 rings (SSSR count). The van der Waals surface area contributed by atoms with Crippen LogP contribution >= 0.6 is 11.6 Å². The Balaban J connectivity index is 1.57. The molecule has 0 spiro atoms. The third-order valence-corrected chi connectivity index (χ3v) is 4.74. The number of nitrogens with zero attached hydrogens (tertiary/aromatic N) is 1. The average molecular weight is 407 g/mol. The van der Waals surface area contributed by atoms with Crippen LogP contribution in [-0.4, -0.2) is 11.1 Å². The summed E-state index contributed by atoms with van der Waals surface area (Å²) in [4.78, 5) is 12.7. The summed E-state index contributed by atoms with van der Waals surface area (Å²) in [5, 5.41) is 8.34. The first-order chi connectivity index (χ1) is 14.0. The van der Waals surface area contributed by atoms with Crippen LogP contribution in [0.2, 0.25) is 5.02 Å². The van der Waals surface area contributed by atoms with Gasteiger partial charge < -0.3 is 14.6 Å². The summed E-state index contributed by atoms with van der Waals surface area (Å²) < 4.78 is 11.3. The maximum atomic E-state index is 12.7. The van der Waals surface area contributed by atoms with Crippen LogP contribution in [0.1, 0.15) is 16.8 Å². The third-order valence-electron chi connectivity index (χ3n) is 4.50. The molecular formula is C23H19ClN2O3. The van der Waals surface area contributed by atoms with Crippen LogP contribution in [-0.2, 0) is 11.2 Å². The topological polar surface area (TPSA) is 64.4 Å². The molecule has 146 valence electrons. The van der Waals surface area contributed by atoms with Gasteiger partial charge in [-0.2, -0.15) is 0 Å². The molecule has 0 unspecified atom stereocenters. The summed E-state index contributed by atoms with van der Waals surface area (Å²) in [6.45, 7) is 3.98. The van der Waals surface area contributed by atoms with E-state index in [1.807, 2.05) is 56.3 Å². The van der Waals surface area contributed by atoms with Gasteiger partial charge >= 0.3 is 0 Å². The number of nitrogens with one attached hydrogen (secondary N) is 1. The molecule has 1 N–H and O–H groups in total. The van der Waals surface area contributed by atoms with Crippen LogP contribution in [0.3, 0.4) is 0 Å². The van der Waals surface area contributed by atoms with Gasteiger partial charge in [-0.15, -0.1) is 0 Å². The quantitative estimate of drug-likeness (QED) is 0.436. The molecule has 0 aliphatic heterocycles. The van der Waals surface area contributed by atoms with E-state index in [-0.39, 0.29) is 12.3 Å². The minimum Gasteiger partial charge on any atom is -0.455 e. The fourth-order valence-corrected chi connectivity index (χ4v) is 3.46. The summed E-state index contributed by atoms with van der Waals surface area (Å²) in [7, 11) is 0. The lowest BCUT2D eigenvalue weighted by Crippen LogP contribution is -2.15. The van der Waals surface area contributed by atoms with Crippen molar-refractivity contribution in [2.45, 2.75) is 20.3 Å². The van der Waals surface area contributed by atoms with E-state index in [1.165, 1.54) is 0 Å². The highest BCUT2D eigenvalue weighted by Crippen LogP contribution is 2.32. The van der Waals surface area contributed by atoms with Crippen LogP contribution in [0.5, 0.6) is 11.5 Å². The molecule has 4 aromatic rings. The SMILES string of the molecule is Cc1cc(C)c2c(CC(=O)Nc3cc(Cl)ccc3Oc3ccccc3)noc2c1. The number of halogens is 1. The van der Waals surface area contributed by atoms with Gasteiger partial charge in [0.25, 0.3) is 0 Å². The number of ether oxygens (including phenoxy) is 1. The van der Waals surface area contributed by atoms with E-state index >= 15 is 0 Å². The minimum atomic E-state index is -0.236. The number of fused-ring (bicyclic) bond motifs is 1. The molecule has 0 fully saturated rings. The Morgan fingerprint density at radius 1 is 1.10 bits per heavy atom. The molecule has 0 atom stereocenters. The van der Waals surface area contributed by atoms with Gasteiger partial charge in [-0.25, -0.2) is 0 Å². The fraction of sp³-hybridized carbons (Fsp3) is 0.130. The van der Waals surface area contributed by atoms with Gasteiger partial charge in [0.05, 0.1) is 12.1 Å². The largest absolute Gasteiger partial charge is 0.455 e. The van der Waals surface area contributed by atoms with E-state index in [0.717, 1.165) is 16.5 Å². The summed E-state index contributed by atoms with van der Waals surface area (Å²) in [6, 6.07) is 18.4. The molecule has 0 radical (unpaired) electrons. The number of benzene rings is 3. The van der Waals surface area contributed by atoms with Gasteiger partial charge in [0.1, 0.15) is 11.4 Å². The van der Waals surface area contributed by atoms with Crippen molar-refractivity contribution in [3.63, 3.8) is 0 Å². The molecule has 3 aromatic carbocycles. The number of amides is 1.